The van der Waals surface area contributed by atoms with Crippen LogP contribution in [0.5, 0.6) is 0 Å². The van der Waals surface area contributed by atoms with Gasteiger partial charge in [0.25, 0.3) is 0 Å². The largest absolute Gasteiger partial charge is 0.317 e. The van der Waals surface area contributed by atoms with Crippen molar-refractivity contribution in [3.63, 3.8) is 0 Å². The van der Waals surface area contributed by atoms with Crippen molar-refractivity contribution in [1.29, 1.82) is 0 Å². The Hall–Kier alpha value is -1.55. The van der Waals surface area contributed by atoms with Crippen LogP contribution in [0, 0.1) is 5.82 Å². The first-order valence-corrected chi connectivity index (χ1v) is 5.27. The maximum absolute atomic E-state index is 13.0. The minimum absolute atomic E-state index is 0.265. The standard InChI is InChI=1S/C12H14FN3/c1-8(14-2)5-12-15-7-9-3-4-10(13)6-11(9)16-12/h3-4,6-8,14H,5H2,1-2H3. The summed E-state index contributed by atoms with van der Waals surface area (Å²) in [4.78, 5) is 8.58. The molecule has 0 fully saturated rings. The van der Waals surface area contributed by atoms with Gasteiger partial charge in [0.05, 0.1) is 5.52 Å². The zero-order valence-electron chi connectivity index (χ0n) is 9.37. The summed E-state index contributed by atoms with van der Waals surface area (Å²) in [5, 5.41) is 3.98. The fourth-order valence-electron chi connectivity index (χ4n) is 1.51. The van der Waals surface area contributed by atoms with Crippen LogP contribution >= 0.6 is 0 Å². The molecule has 0 saturated heterocycles. The second-order valence-corrected chi connectivity index (χ2v) is 3.88. The van der Waals surface area contributed by atoms with Crippen molar-refractivity contribution in [1.82, 2.24) is 15.3 Å². The molecule has 0 aliphatic rings. The second-order valence-electron chi connectivity index (χ2n) is 3.88. The predicted molar refractivity (Wildman–Crippen MR) is 61.7 cm³/mol. The Labute approximate surface area is 93.7 Å². The van der Waals surface area contributed by atoms with Crippen molar-refractivity contribution in [2.75, 3.05) is 7.05 Å². The highest BCUT2D eigenvalue weighted by molar-refractivity contribution is 5.77. The third-order valence-corrected chi connectivity index (χ3v) is 2.58. The van der Waals surface area contributed by atoms with Gasteiger partial charge in [0, 0.05) is 30.1 Å². The van der Waals surface area contributed by atoms with Gasteiger partial charge in [-0.25, -0.2) is 14.4 Å². The van der Waals surface area contributed by atoms with Gasteiger partial charge in [-0.3, -0.25) is 0 Å². The molecule has 84 valence electrons. The third-order valence-electron chi connectivity index (χ3n) is 2.58. The van der Waals surface area contributed by atoms with Crippen molar-refractivity contribution in [3.8, 4) is 0 Å². The molecular formula is C12H14FN3. The zero-order valence-corrected chi connectivity index (χ0v) is 9.37. The molecule has 0 amide bonds. The van der Waals surface area contributed by atoms with Crippen LogP contribution in [0.25, 0.3) is 10.9 Å². The highest BCUT2D eigenvalue weighted by atomic mass is 19.1. The van der Waals surface area contributed by atoms with Gasteiger partial charge in [-0.2, -0.15) is 0 Å². The summed E-state index contributed by atoms with van der Waals surface area (Å²) in [5.41, 5.74) is 0.660. The van der Waals surface area contributed by atoms with Gasteiger partial charge in [0.15, 0.2) is 0 Å². The summed E-state index contributed by atoms with van der Waals surface area (Å²) in [6.07, 6.45) is 2.47. The lowest BCUT2D eigenvalue weighted by atomic mass is 10.2. The molecule has 1 aromatic carbocycles. The molecule has 1 atom stereocenters. The number of fused-ring (bicyclic) bond motifs is 1. The number of rotatable bonds is 3. The monoisotopic (exact) mass is 219 g/mol. The van der Waals surface area contributed by atoms with Crippen LogP contribution in [0.4, 0.5) is 4.39 Å². The highest BCUT2D eigenvalue weighted by Crippen LogP contribution is 2.12. The first-order valence-electron chi connectivity index (χ1n) is 5.27. The van der Waals surface area contributed by atoms with Crippen LogP contribution in [0.3, 0.4) is 0 Å². The van der Waals surface area contributed by atoms with Crippen LogP contribution in [-0.2, 0) is 6.42 Å². The Morgan fingerprint density at radius 1 is 1.44 bits per heavy atom. The van der Waals surface area contributed by atoms with Gasteiger partial charge in [-0.15, -0.1) is 0 Å². The first kappa shape index (κ1) is 11.0. The summed E-state index contributed by atoms with van der Waals surface area (Å²) < 4.78 is 13.0. The van der Waals surface area contributed by atoms with E-state index in [0.29, 0.717) is 11.6 Å². The smallest absolute Gasteiger partial charge is 0.130 e. The minimum atomic E-state index is -0.265. The van der Waals surface area contributed by atoms with E-state index in [4.69, 9.17) is 0 Å². The summed E-state index contributed by atoms with van der Waals surface area (Å²) in [5.74, 6) is 0.471. The van der Waals surface area contributed by atoms with Crippen LogP contribution in [-0.4, -0.2) is 23.1 Å². The van der Waals surface area contributed by atoms with Gasteiger partial charge in [0.2, 0.25) is 0 Å². The Balaban J connectivity index is 2.35. The maximum atomic E-state index is 13.0. The molecule has 0 bridgehead atoms. The molecule has 2 rings (SSSR count). The molecule has 16 heavy (non-hydrogen) atoms. The lowest BCUT2D eigenvalue weighted by molar-refractivity contribution is 0.592. The normalized spacial score (nSPS) is 12.9. The van der Waals surface area contributed by atoms with Gasteiger partial charge in [0.1, 0.15) is 11.6 Å². The number of nitrogens with zero attached hydrogens (tertiary/aromatic N) is 2. The predicted octanol–water partition coefficient (Wildman–Crippen LogP) is 1.92. The van der Waals surface area contributed by atoms with Crippen LogP contribution in [0.1, 0.15) is 12.7 Å². The van der Waals surface area contributed by atoms with Crippen molar-refractivity contribution in [2.45, 2.75) is 19.4 Å². The first-order chi connectivity index (χ1) is 7.69. The fraction of sp³-hybridized carbons (Fsp3) is 0.333. The number of hydrogen-bond donors (Lipinski definition) is 1. The molecule has 0 aliphatic carbocycles. The van der Waals surface area contributed by atoms with E-state index in [9.17, 15) is 4.39 Å². The van der Waals surface area contributed by atoms with E-state index in [2.05, 4.69) is 22.2 Å². The molecule has 1 unspecified atom stereocenters. The molecule has 0 aliphatic heterocycles. The van der Waals surface area contributed by atoms with E-state index in [1.54, 1.807) is 12.3 Å². The molecule has 1 N–H and O–H groups in total. The lowest BCUT2D eigenvalue weighted by Crippen LogP contribution is -2.24. The van der Waals surface area contributed by atoms with E-state index >= 15 is 0 Å². The lowest BCUT2D eigenvalue weighted by Gasteiger charge is -2.08. The van der Waals surface area contributed by atoms with E-state index in [-0.39, 0.29) is 5.82 Å². The van der Waals surface area contributed by atoms with Crippen LogP contribution in [0.15, 0.2) is 24.4 Å². The topological polar surface area (TPSA) is 37.8 Å². The Kier molecular flexibility index (Phi) is 3.10. The van der Waals surface area contributed by atoms with Crippen LogP contribution < -0.4 is 5.32 Å². The molecular weight excluding hydrogens is 205 g/mol. The van der Waals surface area contributed by atoms with Gasteiger partial charge in [-0.1, -0.05) is 0 Å². The van der Waals surface area contributed by atoms with Gasteiger partial charge < -0.3 is 5.32 Å². The average molecular weight is 219 g/mol. The fourth-order valence-corrected chi connectivity index (χ4v) is 1.51. The van der Waals surface area contributed by atoms with E-state index in [0.717, 1.165) is 17.6 Å². The Morgan fingerprint density at radius 2 is 2.25 bits per heavy atom. The number of nitrogens with one attached hydrogen (secondary N) is 1. The van der Waals surface area contributed by atoms with Gasteiger partial charge >= 0.3 is 0 Å². The van der Waals surface area contributed by atoms with Crippen molar-refractivity contribution in [2.24, 2.45) is 0 Å². The van der Waals surface area contributed by atoms with E-state index in [1.807, 2.05) is 7.05 Å². The SMILES string of the molecule is CNC(C)Cc1ncc2ccc(F)cc2n1. The summed E-state index contributed by atoms with van der Waals surface area (Å²) in [6, 6.07) is 4.85. The minimum Gasteiger partial charge on any atom is -0.317 e. The molecule has 0 spiro atoms. The summed E-state index contributed by atoms with van der Waals surface area (Å²) >= 11 is 0. The molecule has 4 heteroatoms. The average Bonchev–Trinajstić information content (AvgIpc) is 2.28. The van der Waals surface area contributed by atoms with Crippen molar-refractivity contribution in [3.05, 3.63) is 36.0 Å². The number of likely N-dealkylation sites (N-methyl/N-ethyl adjacent to an activating group) is 1. The van der Waals surface area contributed by atoms with E-state index < -0.39 is 0 Å². The molecule has 3 nitrogen and oxygen atoms in total. The maximum Gasteiger partial charge on any atom is 0.130 e. The number of aromatic nitrogens is 2. The molecule has 2 aromatic rings. The number of halogens is 1. The summed E-state index contributed by atoms with van der Waals surface area (Å²) in [7, 11) is 1.89. The number of benzene rings is 1. The summed E-state index contributed by atoms with van der Waals surface area (Å²) in [6.45, 7) is 2.05. The Bertz CT molecular complexity index is 499. The van der Waals surface area contributed by atoms with Gasteiger partial charge in [-0.05, 0) is 26.1 Å². The molecule has 1 heterocycles. The van der Waals surface area contributed by atoms with Crippen molar-refractivity contribution < 1.29 is 4.39 Å². The van der Waals surface area contributed by atoms with Crippen molar-refractivity contribution >= 4 is 10.9 Å². The van der Waals surface area contributed by atoms with E-state index in [1.165, 1.54) is 12.1 Å². The quantitative estimate of drug-likeness (QED) is 0.857. The third kappa shape index (κ3) is 2.33. The molecule has 0 radical (unpaired) electrons. The molecule has 0 saturated carbocycles. The Morgan fingerprint density at radius 3 is 3.00 bits per heavy atom. The molecule has 1 aromatic heterocycles. The second kappa shape index (κ2) is 4.53. The number of hydrogen-bond acceptors (Lipinski definition) is 3. The van der Waals surface area contributed by atoms with Crippen LogP contribution in [0.2, 0.25) is 0 Å². The highest BCUT2D eigenvalue weighted by Gasteiger charge is 2.05. The zero-order chi connectivity index (χ0) is 11.5.